The highest BCUT2D eigenvalue weighted by molar-refractivity contribution is 7.98. The summed E-state index contributed by atoms with van der Waals surface area (Å²) in [4.78, 5) is 0. The summed E-state index contributed by atoms with van der Waals surface area (Å²) in [6.07, 6.45) is -0.445. The van der Waals surface area contributed by atoms with Gasteiger partial charge >= 0.3 is 0 Å². The molecule has 0 saturated carbocycles. The van der Waals surface area contributed by atoms with E-state index in [4.69, 9.17) is 27.9 Å². The van der Waals surface area contributed by atoms with Crippen LogP contribution < -0.4 is 4.74 Å². The van der Waals surface area contributed by atoms with Crippen molar-refractivity contribution in [1.29, 1.82) is 0 Å². The van der Waals surface area contributed by atoms with E-state index in [0.29, 0.717) is 34.1 Å². The molecule has 0 radical (unpaired) electrons. The molecule has 0 saturated heterocycles. The van der Waals surface area contributed by atoms with Gasteiger partial charge in [0.2, 0.25) is 0 Å². The summed E-state index contributed by atoms with van der Waals surface area (Å²) in [7, 11) is 0. The molecule has 3 rings (SSSR count). The van der Waals surface area contributed by atoms with E-state index in [9.17, 15) is 8.78 Å². The van der Waals surface area contributed by atoms with E-state index in [1.54, 1.807) is 6.07 Å². The van der Waals surface area contributed by atoms with Crippen LogP contribution in [0, 0.1) is 11.6 Å². The third kappa shape index (κ3) is 4.77. The second-order valence-electron chi connectivity index (χ2n) is 5.94. The van der Waals surface area contributed by atoms with Crippen LogP contribution in [-0.4, -0.2) is 14.8 Å². The van der Waals surface area contributed by atoms with Crippen molar-refractivity contribution < 1.29 is 13.5 Å². The van der Waals surface area contributed by atoms with Crippen molar-refractivity contribution in [2.24, 2.45) is 0 Å². The highest BCUT2D eigenvalue weighted by atomic mass is 35.5. The van der Waals surface area contributed by atoms with Gasteiger partial charge in [0.25, 0.3) is 0 Å². The van der Waals surface area contributed by atoms with Crippen molar-refractivity contribution >= 4 is 35.0 Å². The number of rotatable bonds is 7. The van der Waals surface area contributed by atoms with Crippen LogP contribution in [-0.2, 0) is 12.3 Å². The first kappa shape index (κ1) is 20.9. The quantitative estimate of drug-likeness (QED) is 0.400. The fourth-order valence-corrected chi connectivity index (χ4v) is 4.14. The number of aromatic nitrogens is 3. The normalized spacial score (nSPS) is 12.2. The molecule has 4 nitrogen and oxygen atoms in total. The maximum absolute atomic E-state index is 13.2. The van der Waals surface area contributed by atoms with Crippen molar-refractivity contribution in [1.82, 2.24) is 14.8 Å². The first-order valence-corrected chi connectivity index (χ1v) is 10.2. The Morgan fingerprint density at radius 2 is 1.75 bits per heavy atom. The molecular weight excluding hydrogens is 427 g/mol. The van der Waals surface area contributed by atoms with Gasteiger partial charge in [-0.05, 0) is 49.7 Å². The number of hydrogen-bond acceptors (Lipinski definition) is 4. The molecule has 0 spiro atoms. The molecule has 0 fully saturated rings. The van der Waals surface area contributed by atoms with Gasteiger partial charge in [0.15, 0.2) is 17.1 Å². The van der Waals surface area contributed by atoms with E-state index >= 15 is 0 Å². The Balaban J connectivity index is 1.75. The van der Waals surface area contributed by atoms with Crippen molar-refractivity contribution in [3.63, 3.8) is 0 Å². The molecule has 0 N–H and O–H groups in total. The molecule has 0 amide bonds. The third-order valence-electron chi connectivity index (χ3n) is 3.99. The maximum Gasteiger partial charge on any atom is 0.191 e. The molecular formula is C19H17Cl2F2N3OS. The van der Waals surface area contributed by atoms with Crippen molar-refractivity contribution in [2.75, 3.05) is 0 Å². The van der Waals surface area contributed by atoms with Crippen LogP contribution >= 0.6 is 35.0 Å². The molecule has 1 unspecified atom stereocenters. The van der Waals surface area contributed by atoms with Crippen molar-refractivity contribution in [3.8, 4) is 5.75 Å². The summed E-state index contributed by atoms with van der Waals surface area (Å²) in [5, 5.41) is 9.73. The number of ether oxygens (including phenoxy) is 1. The van der Waals surface area contributed by atoms with Crippen LogP contribution in [0.4, 0.5) is 8.78 Å². The smallest absolute Gasteiger partial charge is 0.191 e. The second kappa shape index (κ2) is 9.11. The molecule has 1 atom stereocenters. The highest BCUT2D eigenvalue weighted by Crippen LogP contribution is 2.31. The fraction of sp³-hybridized carbons (Fsp3) is 0.263. The molecule has 0 aliphatic heterocycles. The monoisotopic (exact) mass is 443 g/mol. The van der Waals surface area contributed by atoms with Gasteiger partial charge in [-0.15, -0.1) is 10.2 Å². The average Bonchev–Trinajstić information content (AvgIpc) is 3.06. The van der Waals surface area contributed by atoms with Crippen LogP contribution in [0.1, 0.15) is 31.3 Å². The number of thioether (sulfide) groups is 1. The van der Waals surface area contributed by atoms with E-state index in [2.05, 4.69) is 10.2 Å². The molecule has 1 heterocycles. The highest BCUT2D eigenvalue weighted by Gasteiger charge is 2.20. The predicted octanol–water partition coefficient (Wildman–Crippen LogP) is 6.32. The Morgan fingerprint density at radius 3 is 2.39 bits per heavy atom. The minimum absolute atomic E-state index is 0.190. The van der Waals surface area contributed by atoms with Gasteiger partial charge in [-0.3, -0.25) is 0 Å². The van der Waals surface area contributed by atoms with Crippen LogP contribution in [0.15, 0.2) is 41.6 Å². The molecule has 28 heavy (non-hydrogen) atoms. The molecule has 0 aliphatic carbocycles. The van der Waals surface area contributed by atoms with Gasteiger partial charge in [-0.2, -0.15) is 0 Å². The lowest BCUT2D eigenvalue weighted by Gasteiger charge is -2.16. The molecule has 0 bridgehead atoms. The van der Waals surface area contributed by atoms with Crippen molar-refractivity contribution in [2.45, 2.75) is 37.4 Å². The summed E-state index contributed by atoms with van der Waals surface area (Å²) in [6, 6.07) is 8.28. The van der Waals surface area contributed by atoms with Crippen LogP contribution in [0.2, 0.25) is 10.0 Å². The zero-order valence-electron chi connectivity index (χ0n) is 15.1. The first-order chi connectivity index (χ1) is 13.4. The predicted molar refractivity (Wildman–Crippen MR) is 107 cm³/mol. The van der Waals surface area contributed by atoms with Gasteiger partial charge < -0.3 is 9.30 Å². The zero-order valence-corrected chi connectivity index (χ0v) is 17.5. The molecule has 0 aliphatic rings. The van der Waals surface area contributed by atoms with Crippen molar-refractivity contribution in [3.05, 3.63) is 69.5 Å². The minimum atomic E-state index is -0.445. The number of nitrogens with zero attached hydrogens (tertiary/aromatic N) is 3. The number of halogens is 4. The Labute approximate surface area is 175 Å². The number of benzene rings is 2. The van der Waals surface area contributed by atoms with E-state index in [0.717, 1.165) is 5.56 Å². The van der Waals surface area contributed by atoms with Gasteiger partial charge in [0.1, 0.15) is 17.4 Å². The zero-order chi connectivity index (χ0) is 20.3. The number of hydrogen-bond donors (Lipinski definition) is 0. The van der Waals surface area contributed by atoms with Gasteiger partial charge in [0, 0.05) is 17.3 Å². The Bertz CT molecular complexity index is 984. The van der Waals surface area contributed by atoms with E-state index in [1.807, 2.05) is 18.4 Å². The van der Waals surface area contributed by atoms with E-state index in [-0.39, 0.29) is 10.8 Å². The standard InChI is InChI=1S/C19H17Cl2F2N3OS/c1-3-26-18(11(2)27-17-7-6-14(23)9-16(17)21)24-25-19(26)28-10-12-4-5-13(22)8-15(12)20/h4-9,11H,3,10H2,1-2H3. The van der Waals surface area contributed by atoms with Gasteiger partial charge in [0.05, 0.1) is 5.02 Å². The maximum atomic E-state index is 13.2. The third-order valence-corrected chi connectivity index (χ3v) is 5.66. The Kier molecular flexibility index (Phi) is 6.80. The lowest BCUT2D eigenvalue weighted by molar-refractivity contribution is 0.210. The first-order valence-electron chi connectivity index (χ1n) is 8.50. The van der Waals surface area contributed by atoms with E-state index in [1.165, 1.54) is 42.1 Å². The lowest BCUT2D eigenvalue weighted by atomic mass is 10.2. The van der Waals surface area contributed by atoms with E-state index < -0.39 is 11.9 Å². The minimum Gasteiger partial charge on any atom is -0.481 e. The Hall–Kier alpha value is -1.83. The molecule has 148 valence electrons. The van der Waals surface area contributed by atoms with Gasteiger partial charge in [-0.25, -0.2) is 8.78 Å². The molecule has 2 aromatic carbocycles. The summed E-state index contributed by atoms with van der Waals surface area (Å²) < 4.78 is 34.2. The summed E-state index contributed by atoms with van der Waals surface area (Å²) >= 11 is 13.6. The summed E-state index contributed by atoms with van der Waals surface area (Å²) in [5.41, 5.74) is 0.808. The largest absolute Gasteiger partial charge is 0.481 e. The fourth-order valence-electron chi connectivity index (χ4n) is 2.60. The molecule has 1 aromatic heterocycles. The van der Waals surface area contributed by atoms with Crippen LogP contribution in [0.25, 0.3) is 0 Å². The van der Waals surface area contributed by atoms with Gasteiger partial charge in [-0.1, -0.05) is 41.0 Å². The molecule has 9 heteroatoms. The average molecular weight is 444 g/mol. The summed E-state index contributed by atoms with van der Waals surface area (Å²) in [5.74, 6) is 0.711. The van der Waals surface area contributed by atoms with Crippen LogP contribution in [0.3, 0.4) is 0 Å². The Morgan fingerprint density at radius 1 is 1.07 bits per heavy atom. The summed E-state index contributed by atoms with van der Waals surface area (Å²) in [6.45, 7) is 4.42. The SMILES string of the molecule is CCn1c(SCc2ccc(F)cc2Cl)nnc1C(C)Oc1ccc(F)cc1Cl. The topological polar surface area (TPSA) is 39.9 Å². The lowest BCUT2D eigenvalue weighted by Crippen LogP contribution is -2.12. The second-order valence-corrected chi connectivity index (χ2v) is 7.70. The van der Waals surface area contributed by atoms with Crippen LogP contribution in [0.5, 0.6) is 5.75 Å². The molecule has 3 aromatic rings.